The van der Waals surface area contributed by atoms with Crippen LogP contribution in [0.15, 0.2) is 48.5 Å². The Hall–Kier alpha value is -3.06. The molecule has 1 atom stereocenters. The van der Waals surface area contributed by atoms with Crippen LogP contribution in [0.4, 0.5) is 0 Å². The molecule has 0 saturated carbocycles. The fourth-order valence-corrected chi connectivity index (χ4v) is 4.59. The zero-order valence-corrected chi connectivity index (χ0v) is 19.5. The van der Waals surface area contributed by atoms with Crippen LogP contribution in [0.5, 0.6) is 5.75 Å². The molecule has 174 valence electrons. The number of halogens is 1. The molecule has 4 rings (SSSR count). The third-order valence-corrected chi connectivity index (χ3v) is 6.60. The molecule has 0 spiro atoms. The van der Waals surface area contributed by atoms with Crippen LogP contribution in [-0.2, 0) is 4.79 Å². The SMILES string of the molecule is COc1cccc(C(=O)N2CCN(C(=O)C3CCCN(C(=O)c4ccc(Cl)cc4)C3)CC2)c1. The van der Waals surface area contributed by atoms with E-state index < -0.39 is 0 Å². The average molecular weight is 470 g/mol. The second kappa shape index (κ2) is 10.3. The number of ether oxygens (including phenoxy) is 1. The van der Waals surface area contributed by atoms with Crippen molar-refractivity contribution in [1.29, 1.82) is 0 Å². The Balaban J connectivity index is 1.33. The molecule has 3 amide bonds. The van der Waals surface area contributed by atoms with Gasteiger partial charge in [0.2, 0.25) is 5.91 Å². The molecule has 1 unspecified atom stereocenters. The minimum absolute atomic E-state index is 0.0570. The first-order valence-electron chi connectivity index (χ1n) is 11.2. The van der Waals surface area contributed by atoms with E-state index in [4.69, 9.17) is 16.3 Å². The smallest absolute Gasteiger partial charge is 0.254 e. The van der Waals surface area contributed by atoms with Gasteiger partial charge in [-0.05, 0) is 55.3 Å². The summed E-state index contributed by atoms with van der Waals surface area (Å²) >= 11 is 5.93. The number of piperidine rings is 1. The second-order valence-electron chi connectivity index (χ2n) is 8.45. The molecule has 2 aromatic rings. The van der Waals surface area contributed by atoms with Gasteiger partial charge in [-0.2, -0.15) is 0 Å². The van der Waals surface area contributed by atoms with Crippen molar-refractivity contribution in [3.05, 3.63) is 64.7 Å². The van der Waals surface area contributed by atoms with Crippen molar-refractivity contribution in [1.82, 2.24) is 14.7 Å². The first-order chi connectivity index (χ1) is 16.0. The van der Waals surface area contributed by atoms with Crippen LogP contribution in [0, 0.1) is 5.92 Å². The van der Waals surface area contributed by atoms with E-state index in [-0.39, 0.29) is 23.6 Å². The van der Waals surface area contributed by atoms with Crippen molar-refractivity contribution in [3.63, 3.8) is 0 Å². The molecule has 0 aromatic heterocycles. The summed E-state index contributed by atoms with van der Waals surface area (Å²) < 4.78 is 5.21. The predicted octanol–water partition coefficient (Wildman–Crippen LogP) is 3.19. The molecule has 2 aliphatic rings. The maximum absolute atomic E-state index is 13.2. The van der Waals surface area contributed by atoms with Gasteiger partial charge >= 0.3 is 0 Å². The summed E-state index contributed by atoms with van der Waals surface area (Å²) in [6.07, 6.45) is 1.57. The summed E-state index contributed by atoms with van der Waals surface area (Å²) in [4.78, 5) is 44.2. The van der Waals surface area contributed by atoms with Crippen molar-refractivity contribution < 1.29 is 19.1 Å². The Bertz CT molecular complexity index is 1020. The average Bonchev–Trinajstić information content (AvgIpc) is 2.88. The number of methoxy groups -OCH3 is 1. The Morgan fingerprint density at radius 1 is 0.848 bits per heavy atom. The fourth-order valence-electron chi connectivity index (χ4n) is 4.47. The summed E-state index contributed by atoms with van der Waals surface area (Å²) in [5.74, 6) is 0.369. The quantitative estimate of drug-likeness (QED) is 0.689. The molecule has 7 nitrogen and oxygen atoms in total. The van der Waals surface area contributed by atoms with E-state index in [1.54, 1.807) is 65.4 Å². The van der Waals surface area contributed by atoms with Gasteiger partial charge in [0.05, 0.1) is 13.0 Å². The van der Waals surface area contributed by atoms with Crippen molar-refractivity contribution in [3.8, 4) is 5.75 Å². The number of carbonyl (C=O) groups is 3. The summed E-state index contributed by atoms with van der Waals surface area (Å²) in [7, 11) is 1.57. The lowest BCUT2D eigenvalue weighted by atomic mass is 9.95. The largest absolute Gasteiger partial charge is 0.497 e. The highest BCUT2D eigenvalue weighted by Gasteiger charge is 2.33. The highest BCUT2D eigenvalue weighted by atomic mass is 35.5. The first-order valence-corrected chi connectivity index (χ1v) is 11.6. The van der Waals surface area contributed by atoms with Gasteiger partial charge in [0.15, 0.2) is 0 Å². The van der Waals surface area contributed by atoms with E-state index >= 15 is 0 Å². The van der Waals surface area contributed by atoms with E-state index in [1.807, 2.05) is 4.90 Å². The number of carbonyl (C=O) groups excluding carboxylic acids is 3. The van der Waals surface area contributed by atoms with E-state index in [2.05, 4.69) is 0 Å². The van der Waals surface area contributed by atoms with Crippen LogP contribution < -0.4 is 4.74 Å². The maximum atomic E-state index is 13.2. The zero-order chi connectivity index (χ0) is 23.4. The van der Waals surface area contributed by atoms with Crippen LogP contribution in [-0.4, -0.2) is 78.8 Å². The lowest BCUT2D eigenvalue weighted by Gasteiger charge is -2.39. The van der Waals surface area contributed by atoms with Crippen LogP contribution in [0.1, 0.15) is 33.6 Å². The van der Waals surface area contributed by atoms with Gasteiger partial charge < -0.3 is 19.4 Å². The van der Waals surface area contributed by atoms with Crippen LogP contribution >= 0.6 is 11.6 Å². The number of nitrogens with zero attached hydrogens (tertiary/aromatic N) is 3. The van der Waals surface area contributed by atoms with E-state index in [0.29, 0.717) is 61.2 Å². The van der Waals surface area contributed by atoms with Crippen molar-refractivity contribution >= 4 is 29.3 Å². The molecule has 0 radical (unpaired) electrons. The molecule has 2 fully saturated rings. The lowest BCUT2D eigenvalue weighted by Crippen LogP contribution is -2.54. The number of hydrogen-bond acceptors (Lipinski definition) is 4. The molecule has 2 aliphatic heterocycles. The molecule has 0 bridgehead atoms. The second-order valence-corrected chi connectivity index (χ2v) is 8.88. The molecule has 0 aliphatic carbocycles. The number of likely N-dealkylation sites (tertiary alicyclic amines) is 1. The van der Waals surface area contributed by atoms with Crippen molar-refractivity contribution in [2.75, 3.05) is 46.4 Å². The standard InChI is InChI=1S/C25H28ClN3O4/c1-33-22-6-2-4-19(16-22)24(31)27-12-14-28(15-13-27)25(32)20-5-3-11-29(17-20)23(30)18-7-9-21(26)10-8-18/h2,4,6-10,16,20H,3,5,11-15,17H2,1H3. The molecule has 8 heteroatoms. The zero-order valence-electron chi connectivity index (χ0n) is 18.7. The van der Waals surface area contributed by atoms with E-state index in [1.165, 1.54) is 0 Å². The molecule has 2 heterocycles. The number of benzene rings is 2. The number of rotatable bonds is 4. The third kappa shape index (κ3) is 5.30. The monoisotopic (exact) mass is 469 g/mol. The van der Waals surface area contributed by atoms with Gasteiger partial charge in [-0.25, -0.2) is 0 Å². The van der Waals surface area contributed by atoms with Gasteiger partial charge in [-0.3, -0.25) is 14.4 Å². The van der Waals surface area contributed by atoms with Crippen LogP contribution in [0.3, 0.4) is 0 Å². The topological polar surface area (TPSA) is 70.2 Å². The molecule has 33 heavy (non-hydrogen) atoms. The number of amides is 3. The van der Waals surface area contributed by atoms with Gasteiger partial charge in [0.25, 0.3) is 11.8 Å². The van der Waals surface area contributed by atoms with Crippen molar-refractivity contribution in [2.24, 2.45) is 5.92 Å². The Morgan fingerprint density at radius 3 is 2.21 bits per heavy atom. The molecule has 2 saturated heterocycles. The third-order valence-electron chi connectivity index (χ3n) is 6.34. The Labute approximate surface area is 198 Å². The Morgan fingerprint density at radius 2 is 1.52 bits per heavy atom. The minimum atomic E-state index is -0.212. The summed E-state index contributed by atoms with van der Waals surface area (Å²) in [5.41, 5.74) is 1.16. The molecule has 2 aromatic carbocycles. The van der Waals surface area contributed by atoms with Crippen LogP contribution in [0.25, 0.3) is 0 Å². The lowest BCUT2D eigenvalue weighted by molar-refractivity contribution is -0.138. The van der Waals surface area contributed by atoms with Crippen molar-refractivity contribution in [2.45, 2.75) is 12.8 Å². The first kappa shape index (κ1) is 23.1. The summed E-state index contributed by atoms with van der Waals surface area (Å²) in [6.45, 7) is 3.04. The molecule has 0 N–H and O–H groups in total. The van der Waals surface area contributed by atoms with Gasteiger partial charge in [-0.15, -0.1) is 0 Å². The number of piperazine rings is 1. The van der Waals surface area contributed by atoms with E-state index in [9.17, 15) is 14.4 Å². The highest BCUT2D eigenvalue weighted by Crippen LogP contribution is 2.23. The molecular weight excluding hydrogens is 442 g/mol. The fraction of sp³-hybridized carbons (Fsp3) is 0.400. The van der Waals surface area contributed by atoms with Gasteiger partial charge in [0.1, 0.15) is 5.75 Å². The molecular formula is C25H28ClN3O4. The highest BCUT2D eigenvalue weighted by molar-refractivity contribution is 6.30. The predicted molar refractivity (Wildman–Crippen MR) is 126 cm³/mol. The minimum Gasteiger partial charge on any atom is -0.497 e. The Kier molecular flexibility index (Phi) is 7.18. The van der Waals surface area contributed by atoms with Crippen LogP contribution in [0.2, 0.25) is 5.02 Å². The number of hydrogen-bond donors (Lipinski definition) is 0. The van der Waals surface area contributed by atoms with Gasteiger partial charge in [-0.1, -0.05) is 17.7 Å². The maximum Gasteiger partial charge on any atom is 0.254 e. The van der Waals surface area contributed by atoms with E-state index in [0.717, 1.165) is 12.8 Å². The summed E-state index contributed by atoms with van der Waals surface area (Å²) in [6, 6.07) is 13.9. The van der Waals surface area contributed by atoms with Gasteiger partial charge in [0, 0.05) is 55.4 Å². The summed E-state index contributed by atoms with van der Waals surface area (Å²) in [5, 5.41) is 0.585. The normalized spacial score (nSPS) is 18.7.